The minimum absolute atomic E-state index is 0.828. The van der Waals surface area contributed by atoms with Gasteiger partial charge in [0.25, 0.3) is 0 Å². The molecule has 0 bridgehead atoms. The minimum Gasteiger partial charge on any atom is -0.309 e. The average Bonchev–Trinajstić information content (AvgIpc) is 3.64. The SMILES string of the molecule is c1ccc(-c2nc3ccccc3nc2-n2c3ccccc3c3c4c5ccccc5n(-c5ccc6ccccc6c5)c4ccc32)cc1. The maximum atomic E-state index is 5.31. The molecule has 0 amide bonds. The van der Waals surface area contributed by atoms with Crippen molar-refractivity contribution in [3.05, 3.63) is 158 Å². The average molecular weight is 587 g/mol. The topological polar surface area (TPSA) is 35.6 Å². The van der Waals surface area contributed by atoms with Gasteiger partial charge in [0.1, 0.15) is 5.69 Å². The predicted molar refractivity (Wildman–Crippen MR) is 191 cm³/mol. The molecular formula is C42H26N4. The molecule has 0 aliphatic heterocycles. The van der Waals surface area contributed by atoms with E-state index in [9.17, 15) is 0 Å². The Bertz CT molecular complexity index is 2810. The van der Waals surface area contributed by atoms with Crippen LogP contribution in [0.5, 0.6) is 0 Å². The van der Waals surface area contributed by atoms with Crippen molar-refractivity contribution in [2.24, 2.45) is 0 Å². The number of hydrogen-bond acceptors (Lipinski definition) is 2. The highest BCUT2D eigenvalue weighted by Gasteiger charge is 2.23. The van der Waals surface area contributed by atoms with Crippen molar-refractivity contribution in [2.75, 3.05) is 0 Å². The normalized spacial score (nSPS) is 11.9. The molecule has 4 nitrogen and oxygen atoms in total. The zero-order valence-corrected chi connectivity index (χ0v) is 24.8. The molecule has 0 spiro atoms. The van der Waals surface area contributed by atoms with Crippen molar-refractivity contribution in [1.82, 2.24) is 19.1 Å². The smallest absolute Gasteiger partial charge is 0.165 e. The summed E-state index contributed by atoms with van der Waals surface area (Å²) in [5.74, 6) is 0.828. The van der Waals surface area contributed by atoms with Crippen LogP contribution in [0.3, 0.4) is 0 Å². The van der Waals surface area contributed by atoms with Crippen molar-refractivity contribution in [3.63, 3.8) is 0 Å². The Morgan fingerprint density at radius 1 is 0.391 bits per heavy atom. The Morgan fingerprint density at radius 2 is 0.957 bits per heavy atom. The molecule has 0 saturated carbocycles. The van der Waals surface area contributed by atoms with E-state index >= 15 is 0 Å². The van der Waals surface area contributed by atoms with Crippen molar-refractivity contribution in [2.45, 2.75) is 0 Å². The van der Waals surface area contributed by atoms with Crippen LogP contribution >= 0.6 is 0 Å². The summed E-state index contributed by atoms with van der Waals surface area (Å²) in [6.07, 6.45) is 0. The third-order valence-electron chi connectivity index (χ3n) is 9.27. The van der Waals surface area contributed by atoms with Gasteiger partial charge in [-0.05, 0) is 59.3 Å². The van der Waals surface area contributed by atoms with Gasteiger partial charge in [0, 0.05) is 32.8 Å². The molecule has 4 heteroatoms. The van der Waals surface area contributed by atoms with Gasteiger partial charge in [0.15, 0.2) is 5.82 Å². The van der Waals surface area contributed by atoms with E-state index in [0.29, 0.717) is 0 Å². The standard InChI is InChI=1S/C42H26N4/c1-2-13-28(14-3-1)41-42(44-34-19-9-8-18-33(34)43-41)46-36-21-11-7-17-32(36)40-38(46)25-24-37-39(40)31-16-6-10-20-35(31)45(37)30-23-22-27-12-4-5-15-29(27)26-30/h1-26H. The van der Waals surface area contributed by atoms with E-state index in [-0.39, 0.29) is 0 Å². The van der Waals surface area contributed by atoms with Crippen LogP contribution in [-0.2, 0) is 0 Å². The second-order valence-corrected chi connectivity index (χ2v) is 11.8. The number of benzene rings is 7. The van der Waals surface area contributed by atoms with Crippen LogP contribution in [0.2, 0.25) is 0 Å². The third-order valence-corrected chi connectivity index (χ3v) is 9.27. The molecule has 214 valence electrons. The van der Waals surface area contributed by atoms with Crippen LogP contribution in [-0.4, -0.2) is 19.1 Å². The fraction of sp³-hybridized carbons (Fsp3) is 0. The lowest BCUT2D eigenvalue weighted by molar-refractivity contribution is 1.08. The van der Waals surface area contributed by atoms with Gasteiger partial charge in [-0.25, -0.2) is 9.97 Å². The summed E-state index contributed by atoms with van der Waals surface area (Å²) in [4.78, 5) is 10.5. The van der Waals surface area contributed by atoms with Crippen LogP contribution in [0.1, 0.15) is 0 Å². The number of fused-ring (bicyclic) bond motifs is 9. The van der Waals surface area contributed by atoms with Gasteiger partial charge >= 0.3 is 0 Å². The molecule has 10 rings (SSSR count). The first-order valence-corrected chi connectivity index (χ1v) is 15.6. The zero-order valence-electron chi connectivity index (χ0n) is 24.8. The summed E-state index contributed by atoms with van der Waals surface area (Å²) >= 11 is 0. The van der Waals surface area contributed by atoms with Gasteiger partial charge in [-0.15, -0.1) is 0 Å². The molecule has 0 aliphatic rings. The van der Waals surface area contributed by atoms with E-state index in [2.05, 4.69) is 137 Å². The van der Waals surface area contributed by atoms with E-state index in [4.69, 9.17) is 9.97 Å². The van der Waals surface area contributed by atoms with Gasteiger partial charge < -0.3 is 4.57 Å². The van der Waals surface area contributed by atoms with Crippen LogP contribution in [0.15, 0.2) is 158 Å². The zero-order chi connectivity index (χ0) is 30.2. The van der Waals surface area contributed by atoms with E-state index in [1.807, 2.05) is 30.3 Å². The highest BCUT2D eigenvalue weighted by atomic mass is 15.1. The van der Waals surface area contributed by atoms with Crippen LogP contribution in [0.25, 0.3) is 88.2 Å². The second kappa shape index (κ2) is 9.62. The fourth-order valence-corrected chi connectivity index (χ4v) is 7.28. The summed E-state index contributed by atoms with van der Waals surface area (Å²) in [6, 6.07) is 55.9. The predicted octanol–water partition coefficient (Wildman–Crippen LogP) is 10.6. The molecule has 46 heavy (non-hydrogen) atoms. The molecule has 0 aliphatic carbocycles. The lowest BCUT2D eigenvalue weighted by atomic mass is 10.1. The Morgan fingerprint density at radius 3 is 1.70 bits per heavy atom. The molecule has 7 aromatic carbocycles. The molecule has 0 saturated heterocycles. The first-order valence-electron chi connectivity index (χ1n) is 15.6. The first-order chi connectivity index (χ1) is 22.8. The molecule has 0 radical (unpaired) electrons. The van der Waals surface area contributed by atoms with Gasteiger partial charge in [0.05, 0.1) is 33.1 Å². The minimum atomic E-state index is 0.828. The van der Waals surface area contributed by atoms with Crippen LogP contribution in [0.4, 0.5) is 0 Å². The third kappa shape index (κ3) is 3.55. The van der Waals surface area contributed by atoms with E-state index in [0.717, 1.165) is 44.8 Å². The van der Waals surface area contributed by atoms with Gasteiger partial charge in [-0.1, -0.05) is 109 Å². The van der Waals surface area contributed by atoms with E-state index in [1.54, 1.807) is 0 Å². The largest absolute Gasteiger partial charge is 0.309 e. The Kier molecular flexibility index (Phi) is 5.25. The molecule has 0 atom stereocenters. The van der Waals surface area contributed by atoms with E-state index < -0.39 is 0 Å². The quantitative estimate of drug-likeness (QED) is 0.206. The molecule has 10 aromatic rings. The summed E-state index contributed by atoms with van der Waals surface area (Å²) < 4.78 is 4.72. The molecule has 3 heterocycles. The van der Waals surface area contributed by atoms with Crippen molar-refractivity contribution in [1.29, 1.82) is 0 Å². The van der Waals surface area contributed by atoms with Crippen molar-refractivity contribution < 1.29 is 0 Å². The Labute approximate surface area is 264 Å². The van der Waals surface area contributed by atoms with E-state index in [1.165, 1.54) is 43.4 Å². The summed E-state index contributed by atoms with van der Waals surface area (Å²) in [6.45, 7) is 0. The number of aromatic nitrogens is 4. The summed E-state index contributed by atoms with van der Waals surface area (Å²) in [5.41, 5.74) is 9.39. The van der Waals surface area contributed by atoms with Gasteiger partial charge in [-0.2, -0.15) is 0 Å². The molecule has 3 aromatic heterocycles. The maximum Gasteiger partial charge on any atom is 0.165 e. The molecule has 0 fully saturated rings. The van der Waals surface area contributed by atoms with Crippen molar-refractivity contribution >= 4 is 65.4 Å². The highest BCUT2D eigenvalue weighted by molar-refractivity contribution is 6.29. The number of nitrogens with zero attached hydrogens (tertiary/aromatic N) is 4. The monoisotopic (exact) mass is 586 g/mol. The number of para-hydroxylation sites is 4. The lowest BCUT2D eigenvalue weighted by Crippen LogP contribution is -2.03. The van der Waals surface area contributed by atoms with Crippen LogP contribution < -0.4 is 0 Å². The molecule has 0 N–H and O–H groups in total. The lowest BCUT2D eigenvalue weighted by Gasteiger charge is -2.14. The fourth-order valence-electron chi connectivity index (χ4n) is 7.28. The van der Waals surface area contributed by atoms with Crippen LogP contribution in [0, 0.1) is 0 Å². The van der Waals surface area contributed by atoms with Gasteiger partial charge in [0.2, 0.25) is 0 Å². The molecule has 0 unspecified atom stereocenters. The van der Waals surface area contributed by atoms with Crippen molar-refractivity contribution in [3.8, 4) is 22.8 Å². The Balaban J connectivity index is 1.36. The van der Waals surface area contributed by atoms with Gasteiger partial charge in [-0.3, -0.25) is 4.57 Å². The molecular weight excluding hydrogens is 560 g/mol. The summed E-state index contributed by atoms with van der Waals surface area (Å²) in [5, 5.41) is 7.35. The second-order valence-electron chi connectivity index (χ2n) is 11.8. The first kappa shape index (κ1) is 25.1. The number of rotatable bonds is 3. The highest BCUT2D eigenvalue weighted by Crippen LogP contribution is 2.43. The summed E-state index contributed by atoms with van der Waals surface area (Å²) in [7, 11) is 0. The number of hydrogen-bond donors (Lipinski definition) is 0. The Hall–Kier alpha value is -6.26. The maximum absolute atomic E-state index is 5.31.